The van der Waals surface area contributed by atoms with Crippen molar-refractivity contribution in [2.45, 2.75) is 24.7 Å². The number of amides is 1. The number of carbonyl (C=O) groups excluding carboxylic acids is 1. The Hall–Kier alpha value is -2.65. The van der Waals surface area contributed by atoms with Gasteiger partial charge in [0.1, 0.15) is 16.6 Å². The zero-order valence-electron chi connectivity index (χ0n) is 14.5. The maximum Gasteiger partial charge on any atom is 0.410 e. The Bertz CT molecular complexity index is 1030. The van der Waals surface area contributed by atoms with Crippen molar-refractivity contribution >= 4 is 40.6 Å². The molecule has 4 rings (SSSR count). The first kappa shape index (κ1) is 19.7. The SMILES string of the molecule is O=C(Nc1ccc(Cl)cc1)c1nn2c(c1Cl)N[C@@H](c1ccco1)C[C@@H]2C(F)(F)F. The summed E-state index contributed by atoms with van der Waals surface area (Å²) < 4.78 is 47.0. The van der Waals surface area contributed by atoms with Gasteiger partial charge < -0.3 is 15.1 Å². The number of alkyl halides is 3. The molecule has 1 aliphatic heterocycles. The van der Waals surface area contributed by atoms with Crippen LogP contribution in [0.4, 0.5) is 24.7 Å². The van der Waals surface area contributed by atoms with Gasteiger partial charge in [-0.25, -0.2) is 4.68 Å². The Morgan fingerprint density at radius 3 is 2.59 bits per heavy atom. The Morgan fingerprint density at radius 1 is 1.24 bits per heavy atom. The number of aromatic nitrogens is 2. The molecule has 0 spiro atoms. The number of halogens is 5. The molecule has 0 unspecified atom stereocenters. The number of anilines is 2. The maximum absolute atomic E-state index is 13.7. The largest absolute Gasteiger partial charge is 0.467 e. The van der Waals surface area contributed by atoms with Crippen LogP contribution in [0.5, 0.6) is 0 Å². The van der Waals surface area contributed by atoms with Gasteiger partial charge in [0.05, 0.1) is 12.3 Å². The molecule has 0 saturated heterocycles. The lowest BCUT2D eigenvalue weighted by atomic mass is 10.0. The van der Waals surface area contributed by atoms with Crippen LogP contribution in [-0.4, -0.2) is 21.9 Å². The van der Waals surface area contributed by atoms with Crippen molar-refractivity contribution in [2.24, 2.45) is 0 Å². The number of nitrogens with zero attached hydrogens (tertiary/aromatic N) is 2. The quantitative estimate of drug-likeness (QED) is 0.543. The molecular formula is C18H13Cl2F3N4O2. The van der Waals surface area contributed by atoms with Crippen LogP contribution in [0.2, 0.25) is 10.0 Å². The molecule has 0 bridgehead atoms. The van der Waals surface area contributed by atoms with Crippen LogP contribution in [0.3, 0.4) is 0 Å². The highest BCUT2D eigenvalue weighted by Gasteiger charge is 2.48. The van der Waals surface area contributed by atoms with Gasteiger partial charge in [-0.2, -0.15) is 18.3 Å². The summed E-state index contributed by atoms with van der Waals surface area (Å²) in [6.45, 7) is 0. The van der Waals surface area contributed by atoms with Gasteiger partial charge in [-0.15, -0.1) is 0 Å². The second-order valence-electron chi connectivity index (χ2n) is 6.42. The molecule has 29 heavy (non-hydrogen) atoms. The summed E-state index contributed by atoms with van der Waals surface area (Å²) in [5, 5.41) is 9.56. The highest BCUT2D eigenvalue weighted by atomic mass is 35.5. The second-order valence-corrected chi connectivity index (χ2v) is 7.24. The molecule has 2 N–H and O–H groups in total. The number of carbonyl (C=O) groups is 1. The van der Waals surface area contributed by atoms with Crippen molar-refractivity contribution in [3.63, 3.8) is 0 Å². The van der Waals surface area contributed by atoms with Crippen molar-refractivity contribution in [3.05, 3.63) is 64.2 Å². The first-order valence-corrected chi connectivity index (χ1v) is 9.21. The topological polar surface area (TPSA) is 72.1 Å². The summed E-state index contributed by atoms with van der Waals surface area (Å²) >= 11 is 12.0. The Kier molecular flexibility index (Phi) is 4.95. The van der Waals surface area contributed by atoms with Crippen molar-refractivity contribution in [3.8, 4) is 0 Å². The van der Waals surface area contributed by atoms with Crippen LogP contribution in [0.1, 0.15) is 34.8 Å². The standard InChI is InChI=1S/C18H13Cl2F3N4O2/c19-9-3-5-10(6-4-9)24-17(28)15-14(20)16-25-11(12-2-1-7-29-12)8-13(18(21,22)23)27(16)26-15/h1-7,11,13,25H,8H2,(H,24,28)/t11-,13-/m1/s1. The molecule has 0 fully saturated rings. The Labute approximate surface area is 172 Å². The van der Waals surface area contributed by atoms with Crippen molar-refractivity contribution in [1.82, 2.24) is 9.78 Å². The summed E-state index contributed by atoms with van der Waals surface area (Å²) in [7, 11) is 0. The lowest BCUT2D eigenvalue weighted by Crippen LogP contribution is -2.35. The monoisotopic (exact) mass is 444 g/mol. The fraction of sp³-hybridized carbons (Fsp3) is 0.222. The predicted molar refractivity (Wildman–Crippen MR) is 101 cm³/mol. The molecular weight excluding hydrogens is 432 g/mol. The van der Waals surface area contributed by atoms with E-state index in [1.54, 1.807) is 36.4 Å². The summed E-state index contributed by atoms with van der Waals surface area (Å²) in [5.74, 6) is -0.505. The van der Waals surface area contributed by atoms with E-state index in [-0.39, 0.29) is 23.0 Å². The number of nitrogens with one attached hydrogen (secondary N) is 2. The third-order valence-corrected chi connectivity index (χ3v) is 5.11. The third kappa shape index (κ3) is 3.79. The number of fused-ring (bicyclic) bond motifs is 1. The van der Waals surface area contributed by atoms with Gasteiger partial charge in [0.25, 0.3) is 5.91 Å². The van der Waals surface area contributed by atoms with E-state index in [0.717, 1.165) is 0 Å². The molecule has 1 aliphatic rings. The molecule has 152 valence electrons. The van der Waals surface area contributed by atoms with Crippen molar-refractivity contribution < 1.29 is 22.4 Å². The normalized spacial score (nSPS) is 18.8. The van der Waals surface area contributed by atoms with E-state index in [1.807, 2.05) is 0 Å². The van der Waals surface area contributed by atoms with E-state index in [4.69, 9.17) is 27.6 Å². The number of furan rings is 1. The molecule has 11 heteroatoms. The van der Waals surface area contributed by atoms with Crippen LogP contribution < -0.4 is 10.6 Å². The van der Waals surface area contributed by atoms with E-state index in [1.165, 1.54) is 6.26 Å². The Morgan fingerprint density at radius 2 is 1.97 bits per heavy atom. The summed E-state index contributed by atoms with van der Waals surface area (Å²) in [6.07, 6.45) is -3.58. The van der Waals surface area contributed by atoms with Crippen LogP contribution in [-0.2, 0) is 0 Å². The highest BCUT2D eigenvalue weighted by Crippen LogP contribution is 2.46. The molecule has 3 aromatic rings. The zero-order valence-corrected chi connectivity index (χ0v) is 16.0. The van der Waals surface area contributed by atoms with Crippen LogP contribution in [0.15, 0.2) is 47.1 Å². The summed E-state index contributed by atoms with van der Waals surface area (Å²) in [6, 6.07) is 6.63. The van der Waals surface area contributed by atoms with Crippen LogP contribution in [0.25, 0.3) is 0 Å². The molecule has 0 saturated carbocycles. The van der Waals surface area contributed by atoms with E-state index in [9.17, 15) is 18.0 Å². The number of hydrogen-bond donors (Lipinski definition) is 2. The second kappa shape index (κ2) is 7.31. The van der Waals surface area contributed by atoms with Crippen molar-refractivity contribution in [1.29, 1.82) is 0 Å². The highest BCUT2D eigenvalue weighted by molar-refractivity contribution is 6.36. The average molecular weight is 445 g/mol. The molecule has 1 amide bonds. The van der Waals surface area contributed by atoms with E-state index < -0.39 is 24.2 Å². The first-order valence-electron chi connectivity index (χ1n) is 8.45. The van der Waals surface area contributed by atoms with Crippen molar-refractivity contribution in [2.75, 3.05) is 10.6 Å². The van der Waals surface area contributed by atoms with Crippen LogP contribution >= 0.6 is 23.2 Å². The smallest absolute Gasteiger partial charge is 0.410 e. The minimum absolute atomic E-state index is 0.0945. The third-order valence-electron chi connectivity index (χ3n) is 4.50. The lowest BCUT2D eigenvalue weighted by Gasteiger charge is -2.32. The molecule has 0 aliphatic carbocycles. The van der Waals surface area contributed by atoms with Gasteiger partial charge in [0, 0.05) is 17.1 Å². The minimum atomic E-state index is -4.60. The lowest BCUT2D eigenvalue weighted by molar-refractivity contribution is -0.174. The molecule has 6 nitrogen and oxygen atoms in total. The van der Waals surface area contributed by atoms with Gasteiger partial charge in [-0.1, -0.05) is 23.2 Å². The maximum atomic E-state index is 13.7. The fourth-order valence-corrected chi connectivity index (χ4v) is 3.52. The van der Waals surface area contributed by atoms with Crippen LogP contribution in [0, 0.1) is 0 Å². The average Bonchev–Trinajstić information content (AvgIpc) is 3.31. The first-order chi connectivity index (χ1) is 13.7. The van der Waals surface area contributed by atoms with Gasteiger partial charge in [0.15, 0.2) is 11.7 Å². The zero-order chi connectivity index (χ0) is 20.8. The van der Waals surface area contributed by atoms with Gasteiger partial charge in [-0.05, 0) is 36.4 Å². The Balaban J connectivity index is 1.69. The molecule has 2 atom stereocenters. The number of rotatable bonds is 3. The summed E-state index contributed by atoms with van der Waals surface area (Å²) in [4.78, 5) is 12.6. The van der Waals surface area contributed by atoms with E-state index in [2.05, 4.69) is 15.7 Å². The minimum Gasteiger partial charge on any atom is -0.467 e. The van der Waals surface area contributed by atoms with Gasteiger partial charge in [0.2, 0.25) is 0 Å². The fourth-order valence-electron chi connectivity index (χ4n) is 3.13. The molecule has 0 radical (unpaired) electrons. The van der Waals surface area contributed by atoms with E-state index >= 15 is 0 Å². The number of hydrogen-bond acceptors (Lipinski definition) is 4. The van der Waals surface area contributed by atoms with Gasteiger partial charge in [-0.3, -0.25) is 4.79 Å². The summed E-state index contributed by atoms with van der Waals surface area (Å²) in [5.41, 5.74) is 0.0775. The number of benzene rings is 1. The predicted octanol–water partition coefficient (Wildman–Crippen LogP) is 5.70. The van der Waals surface area contributed by atoms with Gasteiger partial charge >= 0.3 is 6.18 Å². The molecule has 3 heterocycles. The molecule has 2 aromatic heterocycles. The molecule has 1 aromatic carbocycles. The van der Waals surface area contributed by atoms with E-state index in [0.29, 0.717) is 21.2 Å².